The van der Waals surface area contributed by atoms with Crippen molar-refractivity contribution >= 4 is 26.8 Å². The van der Waals surface area contributed by atoms with Gasteiger partial charge in [-0.25, -0.2) is 18.2 Å². The van der Waals surface area contributed by atoms with Crippen LogP contribution in [0.1, 0.15) is 5.69 Å². The lowest BCUT2D eigenvalue weighted by molar-refractivity contribution is 0.467. The maximum Gasteiger partial charge on any atom is 0.184 e. The SMILES string of the molecule is Cc1nc2c(F)c(F)ccc2cc1Oc1cc(F)ccc1Br. The number of hydrogen-bond acceptors (Lipinski definition) is 2. The monoisotopic (exact) mass is 367 g/mol. The Morgan fingerprint density at radius 3 is 2.55 bits per heavy atom. The van der Waals surface area contributed by atoms with Crippen molar-refractivity contribution in [3.05, 3.63) is 64.0 Å². The van der Waals surface area contributed by atoms with Crippen LogP contribution in [0.4, 0.5) is 13.2 Å². The van der Waals surface area contributed by atoms with Crippen LogP contribution in [0.15, 0.2) is 40.9 Å². The lowest BCUT2D eigenvalue weighted by Gasteiger charge is -2.11. The van der Waals surface area contributed by atoms with Gasteiger partial charge < -0.3 is 4.74 Å². The summed E-state index contributed by atoms with van der Waals surface area (Å²) in [7, 11) is 0. The molecule has 2 nitrogen and oxygen atoms in total. The molecule has 3 rings (SSSR count). The summed E-state index contributed by atoms with van der Waals surface area (Å²) >= 11 is 3.26. The highest BCUT2D eigenvalue weighted by Crippen LogP contribution is 2.33. The van der Waals surface area contributed by atoms with Gasteiger partial charge in [-0.3, -0.25) is 0 Å². The maximum absolute atomic E-state index is 13.7. The topological polar surface area (TPSA) is 22.1 Å². The Bertz CT molecular complexity index is 883. The maximum atomic E-state index is 13.7. The second-order valence-electron chi connectivity index (χ2n) is 4.68. The molecule has 1 aromatic heterocycles. The zero-order valence-electron chi connectivity index (χ0n) is 11.3. The van der Waals surface area contributed by atoms with E-state index in [0.717, 1.165) is 6.07 Å². The molecule has 112 valence electrons. The fraction of sp³-hybridized carbons (Fsp3) is 0.0625. The molecule has 22 heavy (non-hydrogen) atoms. The van der Waals surface area contributed by atoms with Crippen molar-refractivity contribution in [2.45, 2.75) is 6.92 Å². The largest absolute Gasteiger partial charge is 0.454 e. The molecular formula is C16H9BrF3NO. The van der Waals surface area contributed by atoms with Crippen LogP contribution in [-0.2, 0) is 0 Å². The normalized spacial score (nSPS) is 11.0. The van der Waals surface area contributed by atoms with Gasteiger partial charge in [0.1, 0.15) is 22.8 Å². The van der Waals surface area contributed by atoms with Crippen LogP contribution in [0.25, 0.3) is 10.9 Å². The Kier molecular flexibility index (Phi) is 3.78. The van der Waals surface area contributed by atoms with Gasteiger partial charge in [0.05, 0.1) is 10.2 Å². The molecule has 2 aromatic carbocycles. The number of aromatic nitrogens is 1. The molecule has 0 aliphatic carbocycles. The number of fused-ring (bicyclic) bond motifs is 1. The van der Waals surface area contributed by atoms with Gasteiger partial charge in [0.25, 0.3) is 0 Å². The molecule has 0 aliphatic heterocycles. The van der Waals surface area contributed by atoms with Crippen LogP contribution in [-0.4, -0.2) is 4.98 Å². The zero-order chi connectivity index (χ0) is 15.9. The number of pyridine rings is 1. The second-order valence-corrected chi connectivity index (χ2v) is 5.54. The fourth-order valence-electron chi connectivity index (χ4n) is 2.03. The third kappa shape index (κ3) is 2.66. The van der Waals surface area contributed by atoms with Crippen LogP contribution in [0.3, 0.4) is 0 Å². The highest BCUT2D eigenvalue weighted by Gasteiger charge is 2.13. The first-order valence-electron chi connectivity index (χ1n) is 6.34. The van der Waals surface area contributed by atoms with Crippen molar-refractivity contribution in [1.29, 1.82) is 0 Å². The number of rotatable bonds is 2. The zero-order valence-corrected chi connectivity index (χ0v) is 12.9. The van der Waals surface area contributed by atoms with E-state index in [-0.39, 0.29) is 11.3 Å². The van der Waals surface area contributed by atoms with Crippen molar-refractivity contribution in [1.82, 2.24) is 4.98 Å². The lowest BCUT2D eigenvalue weighted by atomic mass is 10.2. The van der Waals surface area contributed by atoms with Gasteiger partial charge in [-0.05, 0) is 53.2 Å². The van der Waals surface area contributed by atoms with Crippen LogP contribution in [0, 0.1) is 24.4 Å². The Morgan fingerprint density at radius 1 is 1.00 bits per heavy atom. The molecule has 0 unspecified atom stereocenters. The molecule has 0 saturated carbocycles. The van der Waals surface area contributed by atoms with E-state index in [1.54, 1.807) is 6.92 Å². The van der Waals surface area contributed by atoms with Crippen molar-refractivity contribution in [2.75, 3.05) is 0 Å². The number of nitrogens with zero attached hydrogens (tertiary/aromatic N) is 1. The van der Waals surface area contributed by atoms with Crippen molar-refractivity contribution in [3.8, 4) is 11.5 Å². The quantitative estimate of drug-likeness (QED) is 0.595. The van der Waals surface area contributed by atoms with Crippen LogP contribution in [0.5, 0.6) is 11.5 Å². The van der Waals surface area contributed by atoms with Gasteiger partial charge in [-0.15, -0.1) is 0 Å². The van der Waals surface area contributed by atoms with E-state index < -0.39 is 17.5 Å². The smallest absolute Gasteiger partial charge is 0.184 e. The van der Waals surface area contributed by atoms with E-state index in [2.05, 4.69) is 20.9 Å². The third-order valence-electron chi connectivity index (χ3n) is 3.14. The van der Waals surface area contributed by atoms with Gasteiger partial charge in [-0.1, -0.05) is 0 Å². The Morgan fingerprint density at radius 2 is 1.77 bits per heavy atom. The summed E-state index contributed by atoms with van der Waals surface area (Å²) in [6, 6.07) is 8.00. The molecule has 0 saturated heterocycles. The van der Waals surface area contributed by atoms with Crippen molar-refractivity contribution < 1.29 is 17.9 Å². The molecule has 6 heteroatoms. The predicted octanol–water partition coefficient (Wildman–Crippen LogP) is 5.52. The molecule has 0 amide bonds. The van der Waals surface area contributed by atoms with Crippen LogP contribution in [0.2, 0.25) is 0 Å². The molecular weight excluding hydrogens is 359 g/mol. The average Bonchev–Trinajstić information content (AvgIpc) is 2.48. The number of ether oxygens (including phenoxy) is 1. The highest BCUT2D eigenvalue weighted by molar-refractivity contribution is 9.10. The van der Waals surface area contributed by atoms with E-state index in [9.17, 15) is 13.2 Å². The van der Waals surface area contributed by atoms with E-state index in [1.165, 1.54) is 30.3 Å². The van der Waals surface area contributed by atoms with E-state index in [1.807, 2.05) is 0 Å². The molecule has 0 aliphatic rings. The average molecular weight is 368 g/mol. The molecule has 1 heterocycles. The number of aryl methyl sites for hydroxylation is 1. The van der Waals surface area contributed by atoms with Gasteiger partial charge >= 0.3 is 0 Å². The summed E-state index contributed by atoms with van der Waals surface area (Å²) in [6.45, 7) is 1.60. The first-order valence-corrected chi connectivity index (χ1v) is 7.13. The van der Waals surface area contributed by atoms with Gasteiger partial charge in [0.15, 0.2) is 11.6 Å². The summed E-state index contributed by atoms with van der Waals surface area (Å²) in [6.07, 6.45) is 0. The molecule has 0 spiro atoms. The van der Waals surface area contributed by atoms with Gasteiger partial charge in [0.2, 0.25) is 0 Å². The third-order valence-corrected chi connectivity index (χ3v) is 3.79. The fourth-order valence-corrected chi connectivity index (χ4v) is 2.36. The summed E-state index contributed by atoms with van der Waals surface area (Å²) in [5, 5.41) is 0.395. The molecule has 0 atom stereocenters. The highest BCUT2D eigenvalue weighted by atomic mass is 79.9. The summed E-state index contributed by atoms with van der Waals surface area (Å²) in [4.78, 5) is 4.04. The Balaban J connectivity index is 2.10. The number of benzene rings is 2. The van der Waals surface area contributed by atoms with E-state index in [0.29, 0.717) is 21.3 Å². The first-order chi connectivity index (χ1) is 10.5. The summed E-state index contributed by atoms with van der Waals surface area (Å²) in [5.74, 6) is -1.80. The Labute approximate surface area is 132 Å². The summed E-state index contributed by atoms with van der Waals surface area (Å²) < 4.78 is 46.4. The van der Waals surface area contributed by atoms with Crippen LogP contribution >= 0.6 is 15.9 Å². The minimum atomic E-state index is -1.00. The second kappa shape index (κ2) is 5.61. The van der Waals surface area contributed by atoms with Gasteiger partial charge in [0, 0.05) is 11.5 Å². The van der Waals surface area contributed by atoms with Gasteiger partial charge in [-0.2, -0.15) is 0 Å². The molecule has 0 bridgehead atoms. The minimum absolute atomic E-state index is 0.0665. The lowest BCUT2D eigenvalue weighted by Crippen LogP contribution is -1.96. The predicted molar refractivity (Wildman–Crippen MR) is 80.6 cm³/mol. The van der Waals surface area contributed by atoms with E-state index in [4.69, 9.17) is 4.74 Å². The molecule has 0 fully saturated rings. The standard InChI is InChI=1S/C16H9BrF3NO/c1-8-13(22-14-7-10(18)3-4-11(14)17)6-9-2-5-12(19)15(20)16(9)21-8/h2-7H,1H3. The summed E-state index contributed by atoms with van der Waals surface area (Å²) in [5.41, 5.74) is 0.302. The molecule has 3 aromatic rings. The minimum Gasteiger partial charge on any atom is -0.454 e. The number of halogens is 4. The first kappa shape index (κ1) is 14.8. The van der Waals surface area contributed by atoms with Crippen molar-refractivity contribution in [2.24, 2.45) is 0 Å². The van der Waals surface area contributed by atoms with E-state index >= 15 is 0 Å². The molecule has 0 radical (unpaired) electrons. The molecule has 0 N–H and O–H groups in total. The van der Waals surface area contributed by atoms with Crippen LogP contribution < -0.4 is 4.74 Å². The number of hydrogen-bond donors (Lipinski definition) is 0. The Hall–Kier alpha value is -2.08. The van der Waals surface area contributed by atoms with Crippen molar-refractivity contribution in [3.63, 3.8) is 0 Å².